The quantitative estimate of drug-likeness (QED) is 0.850. The molecule has 2 N–H and O–H groups in total. The van der Waals surface area contributed by atoms with Crippen molar-refractivity contribution in [3.63, 3.8) is 0 Å². The fourth-order valence-corrected chi connectivity index (χ4v) is 3.34. The highest BCUT2D eigenvalue weighted by molar-refractivity contribution is 5.92. The first-order valence-corrected chi connectivity index (χ1v) is 9.11. The number of hydrogen-bond donors (Lipinski definition) is 2. The van der Waals surface area contributed by atoms with Crippen LogP contribution in [0.25, 0.3) is 0 Å². The molecule has 25 heavy (non-hydrogen) atoms. The summed E-state index contributed by atoms with van der Waals surface area (Å²) >= 11 is 0. The number of aromatic nitrogens is 2. The Morgan fingerprint density at radius 2 is 2.12 bits per heavy atom. The SMILES string of the molecule is CC(C)(CNC(=O)c1ccn(C2CCCNC2)n1)Cc1ccccc1. The summed E-state index contributed by atoms with van der Waals surface area (Å²) < 4.78 is 1.93. The molecule has 0 saturated carbocycles. The standard InChI is InChI=1S/C20H28N4O/c1-20(2,13-16-7-4-3-5-8-16)15-22-19(25)18-10-12-24(23-18)17-9-6-11-21-14-17/h3-5,7-8,10,12,17,21H,6,9,11,13-15H2,1-2H3,(H,22,25). The zero-order chi connectivity index (χ0) is 17.7. The average Bonchev–Trinajstić information content (AvgIpc) is 3.11. The van der Waals surface area contributed by atoms with Crippen LogP contribution in [-0.2, 0) is 6.42 Å². The molecule has 0 radical (unpaired) electrons. The lowest BCUT2D eigenvalue weighted by Crippen LogP contribution is -2.36. The second-order valence-corrected chi connectivity index (χ2v) is 7.69. The number of rotatable bonds is 6. The molecule has 1 saturated heterocycles. The van der Waals surface area contributed by atoms with Crippen LogP contribution in [0.3, 0.4) is 0 Å². The Labute approximate surface area is 149 Å². The van der Waals surface area contributed by atoms with Crippen LogP contribution >= 0.6 is 0 Å². The molecule has 0 bridgehead atoms. The van der Waals surface area contributed by atoms with Gasteiger partial charge in [-0.05, 0) is 42.9 Å². The van der Waals surface area contributed by atoms with Gasteiger partial charge in [-0.1, -0.05) is 44.2 Å². The fourth-order valence-electron chi connectivity index (χ4n) is 3.34. The summed E-state index contributed by atoms with van der Waals surface area (Å²) in [6, 6.07) is 12.6. The van der Waals surface area contributed by atoms with Crippen LogP contribution in [0.15, 0.2) is 42.6 Å². The number of nitrogens with zero attached hydrogens (tertiary/aromatic N) is 2. The molecule has 2 aromatic rings. The van der Waals surface area contributed by atoms with Gasteiger partial charge < -0.3 is 10.6 Å². The topological polar surface area (TPSA) is 59.0 Å². The minimum atomic E-state index is -0.0938. The third-order valence-electron chi connectivity index (χ3n) is 4.74. The molecule has 1 aliphatic rings. The van der Waals surface area contributed by atoms with E-state index in [1.54, 1.807) is 0 Å². The van der Waals surface area contributed by atoms with Crippen molar-refractivity contribution < 1.29 is 4.79 Å². The highest BCUT2D eigenvalue weighted by atomic mass is 16.1. The van der Waals surface area contributed by atoms with Crippen molar-refractivity contribution in [1.29, 1.82) is 0 Å². The minimum absolute atomic E-state index is 0.00707. The van der Waals surface area contributed by atoms with Gasteiger partial charge >= 0.3 is 0 Å². The first-order chi connectivity index (χ1) is 12.0. The van der Waals surface area contributed by atoms with Crippen LogP contribution < -0.4 is 10.6 Å². The first-order valence-electron chi connectivity index (χ1n) is 9.11. The summed E-state index contributed by atoms with van der Waals surface area (Å²) in [5.74, 6) is -0.0938. The molecule has 2 heterocycles. The molecular weight excluding hydrogens is 312 g/mol. The van der Waals surface area contributed by atoms with E-state index < -0.39 is 0 Å². The van der Waals surface area contributed by atoms with E-state index in [-0.39, 0.29) is 11.3 Å². The molecule has 1 aromatic heterocycles. The van der Waals surface area contributed by atoms with Crippen LogP contribution in [0.4, 0.5) is 0 Å². The summed E-state index contributed by atoms with van der Waals surface area (Å²) in [7, 11) is 0. The van der Waals surface area contributed by atoms with Crippen molar-refractivity contribution in [3.8, 4) is 0 Å². The van der Waals surface area contributed by atoms with Crippen LogP contribution in [0, 0.1) is 5.41 Å². The van der Waals surface area contributed by atoms with Crippen molar-refractivity contribution in [2.75, 3.05) is 19.6 Å². The van der Waals surface area contributed by atoms with Crippen molar-refractivity contribution in [2.45, 2.75) is 39.2 Å². The molecule has 3 rings (SSSR count). The van der Waals surface area contributed by atoms with Gasteiger partial charge in [0.25, 0.3) is 5.91 Å². The number of carbonyl (C=O) groups excluding carboxylic acids is 1. The maximum atomic E-state index is 12.4. The predicted octanol–water partition coefficient (Wildman–Crippen LogP) is 2.81. The number of nitrogens with one attached hydrogen (secondary N) is 2. The van der Waals surface area contributed by atoms with E-state index in [2.05, 4.69) is 53.8 Å². The summed E-state index contributed by atoms with van der Waals surface area (Å²) in [4.78, 5) is 12.4. The van der Waals surface area contributed by atoms with E-state index in [4.69, 9.17) is 0 Å². The third kappa shape index (κ3) is 4.92. The summed E-state index contributed by atoms with van der Waals surface area (Å²) in [5.41, 5.74) is 1.78. The lowest BCUT2D eigenvalue weighted by Gasteiger charge is -2.25. The highest BCUT2D eigenvalue weighted by Crippen LogP contribution is 2.21. The van der Waals surface area contributed by atoms with Crippen molar-refractivity contribution in [2.24, 2.45) is 5.41 Å². The van der Waals surface area contributed by atoms with Crippen LogP contribution in [0.5, 0.6) is 0 Å². The Morgan fingerprint density at radius 3 is 2.84 bits per heavy atom. The molecule has 1 atom stereocenters. The van der Waals surface area contributed by atoms with Crippen LogP contribution in [-0.4, -0.2) is 35.3 Å². The zero-order valence-electron chi connectivity index (χ0n) is 15.2. The Kier molecular flexibility index (Phi) is 5.53. The monoisotopic (exact) mass is 340 g/mol. The van der Waals surface area contributed by atoms with E-state index in [0.29, 0.717) is 18.3 Å². The van der Waals surface area contributed by atoms with Crippen LogP contribution in [0.2, 0.25) is 0 Å². The van der Waals surface area contributed by atoms with Gasteiger partial charge in [-0.15, -0.1) is 0 Å². The lowest BCUT2D eigenvalue weighted by atomic mass is 9.85. The second kappa shape index (κ2) is 7.83. The van der Waals surface area contributed by atoms with Gasteiger partial charge in [0.05, 0.1) is 6.04 Å². The van der Waals surface area contributed by atoms with Gasteiger partial charge in [-0.25, -0.2) is 0 Å². The van der Waals surface area contributed by atoms with Gasteiger partial charge in [0.1, 0.15) is 5.69 Å². The van der Waals surface area contributed by atoms with E-state index in [9.17, 15) is 4.79 Å². The predicted molar refractivity (Wildman–Crippen MR) is 99.6 cm³/mol. The molecule has 5 nitrogen and oxygen atoms in total. The number of amides is 1. The first kappa shape index (κ1) is 17.7. The highest BCUT2D eigenvalue weighted by Gasteiger charge is 2.22. The Bertz CT molecular complexity index is 687. The maximum Gasteiger partial charge on any atom is 0.271 e. The van der Waals surface area contributed by atoms with Gasteiger partial charge in [0.2, 0.25) is 0 Å². The summed E-state index contributed by atoms with van der Waals surface area (Å²) in [6.45, 7) is 6.96. The van der Waals surface area contributed by atoms with Gasteiger partial charge in [-0.3, -0.25) is 9.48 Å². The van der Waals surface area contributed by atoms with Crippen LogP contribution in [0.1, 0.15) is 48.8 Å². The molecule has 0 aliphatic carbocycles. The Balaban J connectivity index is 1.54. The fraction of sp³-hybridized carbons (Fsp3) is 0.500. The van der Waals surface area contributed by atoms with Gasteiger partial charge in [-0.2, -0.15) is 5.10 Å². The van der Waals surface area contributed by atoms with Crippen molar-refractivity contribution in [3.05, 3.63) is 53.9 Å². The number of hydrogen-bond acceptors (Lipinski definition) is 3. The molecule has 1 aliphatic heterocycles. The average molecular weight is 340 g/mol. The summed E-state index contributed by atoms with van der Waals surface area (Å²) in [6.07, 6.45) is 5.11. The molecule has 1 fully saturated rings. The van der Waals surface area contributed by atoms with Crippen molar-refractivity contribution >= 4 is 5.91 Å². The zero-order valence-corrected chi connectivity index (χ0v) is 15.2. The molecular formula is C20H28N4O. The Hall–Kier alpha value is -2.14. The molecule has 1 aromatic carbocycles. The third-order valence-corrected chi connectivity index (χ3v) is 4.74. The number of carbonyl (C=O) groups is 1. The molecule has 134 valence electrons. The molecule has 1 amide bonds. The van der Waals surface area contributed by atoms with Crippen molar-refractivity contribution in [1.82, 2.24) is 20.4 Å². The van der Waals surface area contributed by atoms with E-state index in [1.807, 2.05) is 23.0 Å². The summed E-state index contributed by atoms with van der Waals surface area (Å²) in [5, 5.41) is 10.9. The molecule has 0 spiro atoms. The molecule has 1 unspecified atom stereocenters. The number of benzene rings is 1. The van der Waals surface area contributed by atoms with E-state index >= 15 is 0 Å². The normalized spacial score (nSPS) is 18.1. The largest absolute Gasteiger partial charge is 0.350 e. The molecule has 5 heteroatoms. The van der Waals surface area contributed by atoms with Gasteiger partial charge in [0, 0.05) is 19.3 Å². The minimum Gasteiger partial charge on any atom is -0.350 e. The number of piperidine rings is 1. The van der Waals surface area contributed by atoms with E-state index in [0.717, 1.165) is 32.4 Å². The Morgan fingerprint density at radius 1 is 1.32 bits per heavy atom. The lowest BCUT2D eigenvalue weighted by molar-refractivity contribution is 0.0930. The smallest absolute Gasteiger partial charge is 0.271 e. The van der Waals surface area contributed by atoms with E-state index in [1.165, 1.54) is 5.56 Å². The maximum absolute atomic E-state index is 12.4. The van der Waals surface area contributed by atoms with Gasteiger partial charge in [0.15, 0.2) is 0 Å². The second-order valence-electron chi connectivity index (χ2n) is 7.69.